The minimum atomic E-state index is 0.376. The molecule has 0 radical (unpaired) electrons. The lowest BCUT2D eigenvalue weighted by atomic mass is 10.1. The molecule has 4 aromatic rings. The smallest absolute Gasteiger partial charge is 0.267 e. The SMILES string of the molecule is Cc1cn(-c2ccc(Nc3nnn(Cc4ccccc4)n3)cc2C#N)cn1. The molecular formula is C19H16N8. The van der Waals surface area contributed by atoms with Crippen LogP contribution < -0.4 is 5.32 Å². The van der Waals surface area contributed by atoms with Gasteiger partial charge in [0.2, 0.25) is 0 Å². The highest BCUT2D eigenvalue weighted by Gasteiger charge is 2.09. The van der Waals surface area contributed by atoms with E-state index in [1.165, 1.54) is 4.80 Å². The van der Waals surface area contributed by atoms with Crippen LogP contribution in [0.15, 0.2) is 61.1 Å². The Morgan fingerprint density at radius 3 is 2.74 bits per heavy atom. The predicted molar refractivity (Wildman–Crippen MR) is 99.7 cm³/mol. The van der Waals surface area contributed by atoms with Gasteiger partial charge in [-0.15, -0.1) is 5.10 Å². The summed E-state index contributed by atoms with van der Waals surface area (Å²) in [6.07, 6.45) is 3.56. The van der Waals surface area contributed by atoms with Crippen molar-refractivity contribution < 1.29 is 0 Å². The van der Waals surface area contributed by atoms with Crippen LogP contribution >= 0.6 is 0 Å². The van der Waals surface area contributed by atoms with Gasteiger partial charge in [0.05, 0.1) is 29.8 Å². The van der Waals surface area contributed by atoms with E-state index in [0.717, 1.165) is 16.9 Å². The van der Waals surface area contributed by atoms with Gasteiger partial charge in [-0.3, -0.25) is 0 Å². The molecule has 0 saturated carbocycles. The number of imidazole rings is 1. The maximum absolute atomic E-state index is 9.49. The molecule has 27 heavy (non-hydrogen) atoms. The van der Waals surface area contributed by atoms with Gasteiger partial charge in [-0.1, -0.05) is 35.4 Å². The number of aryl methyl sites for hydroxylation is 1. The summed E-state index contributed by atoms with van der Waals surface area (Å²) in [5, 5.41) is 25.0. The molecule has 0 aliphatic carbocycles. The lowest BCUT2D eigenvalue weighted by molar-refractivity contribution is 0.573. The van der Waals surface area contributed by atoms with Gasteiger partial charge < -0.3 is 9.88 Å². The van der Waals surface area contributed by atoms with E-state index in [2.05, 4.69) is 31.8 Å². The molecule has 1 N–H and O–H groups in total. The number of nitriles is 1. The Labute approximate surface area is 155 Å². The van der Waals surface area contributed by atoms with Crippen molar-refractivity contribution in [1.82, 2.24) is 29.8 Å². The number of anilines is 2. The van der Waals surface area contributed by atoms with Crippen molar-refractivity contribution in [2.45, 2.75) is 13.5 Å². The van der Waals surface area contributed by atoms with Crippen molar-refractivity contribution in [2.24, 2.45) is 0 Å². The summed E-state index contributed by atoms with van der Waals surface area (Å²) in [5.41, 5.74) is 3.98. The highest BCUT2D eigenvalue weighted by atomic mass is 15.6. The average Bonchev–Trinajstić information content (AvgIpc) is 3.31. The Bertz CT molecular complexity index is 1100. The van der Waals surface area contributed by atoms with Gasteiger partial charge in [0.1, 0.15) is 6.07 Å². The van der Waals surface area contributed by atoms with E-state index in [1.54, 1.807) is 12.4 Å². The fourth-order valence-electron chi connectivity index (χ4n) is 2.72. The summed E-state index contributed by atoms with van der Waals surface area (Å²) >= 11 is 0. The van der Waals surface area contributed by atoms with E-state index in [9.17, 15) is 5.26 Å². The predicted octanol–water partition coefficient (Wildman–Crippen LogP) is 2.83. The van der Waals surface area contributed by atoms with Gasteiger partial charge in [0, 0.05) is 11.9 Å². The second-order valence-electron chi connectivity index (χ2n) is 6.02. The number of tetrazole rings is 1. The maximum Gasteiger partial charge on any atom is 0.267 e. The summed E-state index contributed by atoms with van der Waals surface area (Å²) in [6, 6.07) is 17.6. The van der Waals surface area contributed by atoms with Crippen LogP contribution in [0.25, 0.3) is 5.69 Å². The molecule has 0 amide bonds. The lowest BCUT2D eigenvalue weighted by Gasteiger charge is -2.07. The fourth-order valence-corrected chi connectivity index (χ4v) is 2.72. The van der Waals surface area contributed by atoms with Crippen LogP contribution in [0.3, 0.4) is 0 Å². The molecule has 0 spiro atoms. The number of hydrogen-bond acceptors (Lipinski definition) is 6. The van der Waals surface area contributed by atoms with Gasteiger partial charge in [0.25, 0.3) is 5.95 Å². The van der Waals surface area contributed by atoms with Crippen LogP contribution in [0.1, 0.15) is 16.8 Å². The zero-order valence-electron chi connectivity index (χ0n) is 14.6. The van der Waals surface area contributed by atoms with Crippen LogP contribution in [0.5, 0.6) is 0 Å². The largest absolute Gasteiger partial charge is 0.322 e. The third-order valence-electron chi connectivity index (χ3n) is 3.98. The third-order valence-corrected chi connectivity index (χ3v) is 3.98. The number of rotatable bonds is 5. The molecule has 0 atom stereocenters. The molecule has 8 nitrogen and oxygen atoms in total. The van der Waals surface area contributed by atoms with Gasteiger partial charge in [-0.05, 0) is 35.9 Å². The summed E-state index contributed by atoms with van der Waals surface area (Å²) in [6.45, 7) is 2.45. The molecule has 0 saturated heterocycles. The van der Waals surface area contributed by atoms with Crippen molar-refractivity contribution in [2.75, 3.05) is 5.32 Å². The fraction of sp³-hybridized carbons (Fsp3) is 0.105. The third kappa shape index (κ3) is 3.67. The van der Waals surface area contributed by atoms with Gasteiger partial charge in [-0.2, -0.15) is 10.1 Å². The molecule has 0 fully saturated rings. The topological polar surface area (TPSA) is 97.2 Å². The molecule has 2 aromatic heterocycles. The first-order valence-electron chi connectivity index (χ1n) is 8.35. The van der Waals surface area contributed by atoms with E-state index in [0.29, 0.717) is 23.7 Å². The Balaban J connectivity index is 1.52. The summed E-state index contributed by atoms with van der Waals surface area (Å²) in [4.78, 5) is 5.72. The molecule has 8 heteroatoms. The number of hydrogen-bond donors (Lipinski definition) is 1. The highest BCUT2D eigenvalue weighted by Crippen LogP contribution is 2.21. The van der Waals surface area contributed by atoms with Crippen LogP contribution in [-0.2, 0) is 6.54 Å². The highest BCUT2D eigenvalue weighted by molar-refractivity contribution is 5.62. The molecule has 0 aliphatic heterocycles. The zero-order valence-corrected chi connectivity index (χ0v) is 14.6. The monoisotopic (exact) mass is 356 g/mol. The quantitative estimate of drug-likeness (QED) is 0.590. The molecule has 132 valence electrons. The number of nitrogens with zero attached hydrogens (tertiary/aromatic N) is 7. The summed E-state index contributed by atoms with van der Waals surface area (Å²) < 4.78 is 1.83. The standard InChI is InChI=1S/C19H16N8/c1-14-11-26(13-21-14)18-8-7-17(9-16(18)10-20)22-19-23-25-27(24-19)12-15-5-3-2-4-6-15/h2-9,11,13H,12H2,1H3,(H,22,24). The lowest BCUT2D eigenvalue weighted by Crippen LogP contribution is -2.04. The Hall–Kier alpha value is -3.99. The van der Waals surface area contributed by atoms with Crippen LogP contribution in [-0.4, -0.2) is 29.8 Å². The van der Waals surface area contributed by atoms with Crippen molar-refractivity contribution in [3.8, 4) is 11.8 Å². The molecule has 0 bridgehead atoms. The van der Waals surface area contributed by atoms with E-state index in [-0.39, 0.29) is 0 Å². The van der Waals surface area contributed by atoms with Crippen molar-refractivity contribution in [3.05, 3.63) is 77.9 Å². The molecule has 2 heterocycles. The van der Waals surface area contributed by atoms with Gasteiger partial charge in [0.15, 0.2) is 0 Å². The molecule has 0 aliphatic rings. The van der Waals surface area contributed by atoms with Crippen LogP contribution in [0.4, 0.5) is 11.6 Å². The van der Waals surface area contributed by atoms with Crippen molar-refractivity contribution in [1.29, 1.82) is 5.26 Å². The molecule has 0 unspecified atom stereocenters. The van der Waals surface area contributed by atoms with E-state index < -0.39 is 0 Å². The average molecular weight is 356 g/mol. The van der Waals surface area contributed by atoms with Gasteiger partial charge >= 0.3 is 0 Å². The van der Waals surface area contributed by atoms with Crippen molar-refractivity contribution in [3.63, 3.8) is 0 Å². The van der Waals surface area contributed by atoms with E-state index in [4.69, 9.17) is 0 Å². The Kier molecular flexibility index (Phi) is 4.33. The number of nitrogens with one attached hydrogen (secondary N) is 1. The number of aromatic nitrogens is 6. The maximum atomic E-state index is 9.49. The van der Waals surface area contributed by atoms with Crippen LogP contribution in [0, 0.1) is 18.3 Å². The van der Waals surface area contributed by atoms with Crippen molar-refractivity contribution >= 4 is 11.6 Å². The summed E-state index contributed by atoms with van der Waals surface area (Å²) in [5.74, 6) is 0.376. The second kappa shape index (κ2) is 7.09. The summed E-state index contributed by atoms with van der Waals surface area (Å²) in [7, 11) is 0. The zero-order chi connectivity index (χ0) is 18.6. The minimum absolute atomic E-state index is 0.376. The first-order chi connectivity index (χ1) is 13.2. The second-order valence-corrected chi connectivity index (χ2v) is 6.02. The first kappa shape index (κ1) is 16.5. The van der Waals surface area contributed by atoms with Crippen LogP contribution in [0.2, 0.25) is 0 Å². The molecule has 2 aromatic carbocycles. The van der Waals surface area contributed by atoms with E-state index >= 15 is 0 Å². The first-order valence-corrected chi connectivity index (χ1v) is 8.35. The van der Waals surface area contributed by atoms with Gasteiger partial charge in [-0.25, -0.2) is 4.98 Å². The molecule has 4 rings (SSSR count). The normalized spacial score (nSPS) is 10.5. The molecular weight excluding hydrogens is 340 g/mol. The number of benzene rings is 2. The van der Waals surface area contributed by atoms with E-state index in [1.807, 2.05) is 60.2 Å². The Morgan fingerprint density at radius 1 is 1.15 bits per heavy atom. The minimum Gasteiger partial charge on any atom is -0.322 e. The Morgan fingerprint density at radius 2 is 2.00 bits per heavy atom.